The van der Waals surface area contributed by atoms with E-state index in [1.165, 1.54) is 5.56 Å². The summed E-state index contributed by atoms with van der Waals surface area (Å²) in [6.07, 6.45) is 1.66. The topological polar surface area (TPSA) is 46.4 Å². The monoisotopic (exact) mass is 407 g/mol. The highest BCUT2D eigenvalue weighted by Gasteiger charge is 2.15. The molecule has 0 atom stereocenters. The maximum Gasteiger partial charge on any atom is 0.272 e. The van der Waals surface area contributed by atoms with Crippen molar-refractivity contribution in [1.82, 2.24) is 9.99 Å². The molecule has 5 heteroatoms. The van der Waals surface area contributed by atoms with Gasteiger partial charge in [-0.1, -0.05) is 56.6 Å². The molecule has 4 nitrogen and oxygen atoms in total. The fraction of sp³-hybridized carbons (Fsp3) is 0.250. The predicted molar refractivity (Wildman–Crippen MR) is 120 cm³/mol. The summed E-state index contributed by atoms with van der Waals surface area (Å²) in [7, 11) is 0. The van der Waals surface area contributed by atoms with Gasteiger partial charge in [0.1, 0.15) is 0 Å². The lowest BCUT2D eigenvalue weighted by Gasteiger charge is -2.20. The van der Waals surface area contributed by atoms with Crippen LogP contribution < -0.4 is 5.43 Å². The number of hydrogen-bond acceptors (Lipinski definition) is 2. The lowest BCUT2D eigenvalue weighted by Crippen LogP contribution is -2.18. The second-order valence-corrected chi connectivity index (χ2v) is 8.54. The van der Waals surface area contributed by atoms with Crippen molar-refractivity contribution in [3.63, 3.8) is 0 Å². The third-order valence-electron chi connectivity index (χ3n) is 4.95. The third-order valence-corrected chi connectivity index (χ3v) is 5.28. The highest BCUT2D eigenvalue weighted by atomic mass is 35.5. The molecule has 0 radical (unpaired) electrons. The predicted octanol–water partition coefficient (Wildman–Crippen LogP) is 5.81. The first-order chi connectivity index (χ1) is 13.7. The van der Waals surface area contributed by atoms with Crippen molar-refractivity contribution in [2.24, 2.45) is 5.10 Å². The number of halogens is 1. The Morgan fingerprint density at radius 2 is 1.72 bits per heavy atom. The number of hydrogen-bond donors (Lipinski definition) is 1. The summed E-state index contributed by atoms with van der Waals surface area (Å²) in [5.74, 6) is -0.335. The van der Waals surface area contributed by atoms with Crippen LogP contribution in [0.4, 0.5) is 0 Å². The van der Waals surface area contributed by atoms with Gasteiger partial charge in [0.05, 0.1) is 16.8 Å². The summed E-state index contributed by atoms with van der Waals surface area (Å²) in [6.45, 7) is 10.7. The highest BCUT2D eigenvalue weighted by molar-refractivity contribution is 6.33. The number of carbonyl (C=O) groups excluding carboxylic acids is 1. The molecular weight excluding hydrogens is 382 g/mol. The van der Waals surface area contributed by atoms with Gasteiger partial charge in [0.2, 0.25) is 0 Å². The number of nitrogens with one attached hydrogen (secondary N) is 1. The number of carbonyl (C=O) groups is 1. The van der Waals surface area contributed by atoms with Gasteiger partial charge < -0.3 is 4.57 Å². The van der Waals surface area contributed by atoms with Crippen LogP contribution in [0.3, 0.4) is 0 Å². The van der Waals surface area contributed by atoms with E-state index in [1.54, 1.807) is 30.5 Å². The number of aryl methyl sites for hydroxylation is 1. The molecule has 2 aromatic carbocycles. The van der Waals surface area contributed by atoms with Crippen LogP contribution >= 0.6 is 11.6 Å². The summed E-state index contributed by atoms with van der Waals surface area (Å²) in [6, 6.07) is 17.6. The summed E-state index contributed by atoms with van der Waals surface area (Å²) in [5, 5.41) is 4.52. The molecule has 0 unspecified atom stereocenters. The number of aromatic nitrogens is 1. The zero-order chi connectivity index (χ0) is 21.2. The van der Waals surface area contributed by atoms with Gasteiger partial charge in [-0.05, 0) is 55.2 Å². The molecule has 0 aliphatic rings. The number of nitrogens with zero attached hydrogens (tertiary/aromatic N) is 2. The fourth-order valence-electron chi connectivity index (χ4n) is 3.29. The number of amides is 1. The molecular formula is C24H26ClN3O. The van der Waals surface area contributed by atoms with E-state index in [1.807, 2.05) is 6.92 Å². The Hall–Kier alpha value is -2.85. The van der Waals surface area contributed by atoms with Crippen molar-refractivity contribution in [3.05, 3.63) is 87.7 Å². The second-order valence-electron chi connectivity index (χ2n) is 8.14. The molecule has 1 N–H and O–H groups in total. The molecule has 0 fully saturated rings. The zero-order valence-electron chi connectivity index (χ0n) is 17.5. The van der Waals surface area contributed by atoms with Crippen molar-refractivity contribution in [2.75, 3.05) is 0 Å². The average molecular weight is 408 g/mol. The second kappa shape index (κ2) is 8.26. The molecule has 0 aliphatic heterocycles. The van der Waals surface area contributed by atoms with Crippen LogP contribution in [0.5, 0.6) is 0 Å². The van der Waals surface area contributed by atoms with Gasteiger partial charge in [0.15, 0.2) is 0 Å². The van der Waals surface area contributed by atoms with Crippen LogP contribution in [0, 0.1) is 13.8 Å². The molecule has 0 aliphatic carbocycles. The van der Waals surface area contributed by atoms with E-state index >= 15 is 0 Å². The van der Waals surface area contributed by atoms with Crippen LogP contribution in [0.25, 0.3) is 5.69 Å². The summed E-state index contributed by atoms with van der Waals surface area (Å²) >= 11 is 6.06. The first kappa shape index (κ1) is 20.9. The Balaban J connectivity index is 1.80. The first-order valence-corrected chi connectivity index (χ1v) is 9.94. The Labute approximate surface area is 177 Å². The van der Waals surface area contributed by atoms with Crippen LogP contribution in [-0.2, 0) is 5.41 Å². The van der Waals surface area contributed by atoms with Crippen molar-refractivity contribution in [3.8, 4) is 5.69 Å². The van der Waals surface area contributed by atoms with Gasteiger partial charge in [-0.25, -0.2) is 5.43 Å². The SMILES string of the molecule is Cc1cc(/C=N/NC(=O)c2ccccc2Cl)c(C)n1-c1ccc(C(C)(C)C)cc1. The molecule has 3 rings (SSSR count). The standard InChI is InChI=1S/C24H26ClN3O/c1-16-14-18(15-26-27-23(29)21-8-6-7-9-22(21)25)17(2)28(16)20-12-10-19(11-13-20)24(3,4)5/h6-15H,1-5H3,(H,27,29)/b26-15+. The summed E-state index contributed by atoms with van der Waals surface area (Å²) in [4.78, 5) is 12.2. The van der Waals surface area contributed by atoms with E-state index in [0.29, 0.717) is 10.6 Å². The van der Waals surface area contributed by atoms with Gasteiger partial charge in [0.25, 0.3) is 5.91 Å². The number of hydrazone groups is 1. The quantitative estimate of drug-likeness (QED) is 0.430. The lowest BCUT2D eigenvalue weighted by atomic mass is 9.87. The Kier molecular flexibility index (Phi) is 5.94. The number of rotatable bonds is 4. The van der Waals surface area contributed by atoms with E-state index in [9.17, 15) is 4.79 Å². The van der Waals surface area contributed by atoms with E-state index < -0.39 is 0 Å². The molecule has 3 aromatic rings. The van der Waals surface area contributed by atoms with Gasteiger partial charge in [-0.3, -0.25) is 4.79 Å². The molecule has 0 saturated heterocycles. The van der Waals surface area contributed by atoms with Crippen LogP contribution in [0.15, 0.2) is 59.7 Å². The minimum Gasteiger partial charge on any atom is -0.318 e. The molecule has 29 heavy (non-hydrogen) atoms. The number of benzene rings is 2. The van der Waals surface area contributed by atoms with Crippen molar-refractivity contribution < 1.29 is 4.79 Å². The molecule has 0 saturated carbocycles. The van der Waals surface area contributed by atoms with Crippen molar-refractivity contribution >= 4 is 23.7 Å². The van der Waals surface area contributed by atoms with Gasteiger partial charge in [0, 0.05) is 22.6 Å². The normalized spacial score (nSPS) is 11.8. The van der Waals surface area contributed by atoms with Gasteiger partial charge >= 0.3 is 0 Å². The van der Waals surface area contributed by atoms with E-state index in [-0.39, 0.29) is 11.3 Å². The van der Waals surface area contributed by atoms with Gasteiger partial charge in [-0.15, -0.1) is 0 Å². The third kappa shape index (κ3) is 4.60. The minimum absolute atomic E-state index is 0.122. The highest BCUT2D eigenvalue weighted by Crippen LogP contribution is 2.25. The molecule has 1 amide bonds. The maximum absolute atomic E-state index is 12.2. The lowest BCUT2D eigenvalue weighted by molar-refractivity contribution is 0.0955. The molecule has 0 bridgehead atoms. The molecule has 1 aromatic heterocycles. The fourth-order valence-corrected chi connectivity index (χ4v) is 3.51. The van der Waals surface area contributed by atoms with E-state index in [4.69, 9.17) is 11.6 Å². The van der Waals surface area contributed by atoms with Crippen molar-refractivity contribution in [2.45, 2.75) is 40.0 Å². The van der Waals surface area contributed by atoms with Crippen LogP contribution in [0.2, 0.25) is 5.02 Å². The Bertz CT molecular complexity index is 1060. The summed E-state index contributed by atoms with van der Waals surface area (Å²) < 4.78 is 2.18. The average Bonchev–Trinajstić information content (AvgIpc) is 2.95. The van der Waals surface area contributed by atoms with Crippen molar-refractivity contribution in [1.29, 1.82) is 0 Å². The zero-order valence-corrected chi connectivity index (χ0v) is 18.2. The molecule has 150 valence electrons. The minimum atomic E-state index is -0.335. The first-order valence-electron chi connectivity index (χ1n) is 9.56. The maximum atomic E-state index is 12.2. The molecule has 0 spiro atoms. The Morgan fingerprint density at radius 3 is 2.34 bits per heavy atom. The van der Waals surface area contributed by atoms with E-state index in [0.717, 1.165) is 22.6 Å². The summed E-state index contributed by atoms with van der Waals surface area (Å²) in [5.41, 5.74) is 8.57. The van der Waals surface area contributed by atoms with E-state index in [2.05, 4.69) is 73.1 Å². The molecule has 1 heterocycles. The smallest absolute Gasteiger partial charge is 0.272 e. The Morgan fingerprint density at radius 1 is 1.07 bits per heavy atom. The van der Waals surface area contributed by atoms with Crippen LogP contribution in [-0.4, -0.2) is 16.7 Å². The largest absolute Gasteiger partial charge is 0.318 e. The van der Waals surface area contributed by atoms with Crippen LogP contribution in [0.1, 0.15) is 53.6 Å². The van der Waals surface area contributed by atoms with Gasteiger partial charge in [-0.2, -0.15) is 5.10 Å².